The predicted molar refractivity (Wildman–Crippen MR) is 113 cm³/mol. The number of piperidine rings is 1. The first-order valence-electron chi connectivity index (χ1n) is 10.5. The van der Waals surface area contributed by atoms with Gasteiger partial charge in [0, 0.05) is 37.3 Å². The van der Waals surface area contributed by atoms with Crippen LogP contribution in [0.3, 0.4) is 0 Å². The van der Waals surface area contributed by atoms with Crippen molar-refractivity contribution in [2.45, 2.75) is 45.2 Å². The SMILES string of the molecule is CCn1cc(C(=O)N2C[C@H](c3nc4c5cc(F)cc(F)c5nc(N)n4n3)CC[C@@H]2C)cn1. The van der Waals surface area contributed by atoms with E-state index in [1.165, 1.54) is 10.6 Å². The summed E-state index contributed by atoms with van der Waals surface area (Å²) in [6, 6.07) is 1.98. The molecule has 1 aliphatic rings. The zero-order valence-corrected chi connectivity index (χ0v) is 17.7. The third-order valence-corrected chi connectivity index (χ3v) is 6.05. The average molecular weight is 440 g/mol. The molecule has 0 saturated carbocycles. The van der Waals surface area contributed by atoms with E-state index in [4.69, 9.17) is 5.73 Å². The van der Waals surface area contributed by atoms with Crippen LogP contribution in [0.4, 0.5) is 14.7 Å². The molecule has 5 rings (SSSR count). The van der Waals surface area contributed by atoms with Gasteiger partial charge in [-0.25, -0.2) is 18.7 Å². The van der Waals surface area contributed by atoms with Gasteiger partial charge in [-0.15, -0.1) is 5.10 Å². The van der Waals surface area contributed by atoms with Crippen LogP contribution >= 0.6 is 0 Å². The molecule has 0 radical (unpaired) electrons. The van der Waals surface area contributed by atoms with Crippen molar-refractivity contribution in [3.05, 3.63) is 47.5 Å². The Morgan fingerprint density at radius 3 is 2.81 bits per heavy atom. The van der Waals surface area contributed by atoms with E-state index in [1.807, 2.05) is 13.8 Å². The summed E-state index contributed by atoms with van der Waals surface area (Å²) >= 11 is 0. The van der Waals surface area contributed by atoms with Crippen molar-refractivity contribution in [1.29, 1.82) is 0 Å². The van der Waals surface area contributed by atoms with Crippen molar-refractivity contribution in [2.75, 3.05) is 12.3 Å². The second-order valence-corrected chi connectivity index (χ2v) is 8.12. The van der Waals surface area contributed by atoms with Crippen LogP contribution in [0.15, 0.2) is 24.5 Å². The van der Waals surface area contributed by atoms with Gasteiger partial charge in [0.15, 0.2) is 17.3 Å². The van der Waals surface area contributed by atoms with E-state index in [9.17, 15) is 13.6 Å². The number of nitrogens with two attached hydrogens (primary N) is 1. The zero-order chi connectivity index (χ0) is 22.6. The molecule has 0 spiro atoms. The van der Waals surface area contributed by atoms with Crippen LogP contribution in [0, 0.1) is 11.6 Å². The van der Waals surface area contributed by atoms with Crippen molar-refractivity contribution < 1.29 is 13.6 Å². The third-order valence-electron chi connectivity index (χ3n) is 6.05. The molecule has 32 heavy (non-hydrogen) atoms. The number of carbonyl (C=O) groups is 1. The number of carbonyl (C=O) groups excluding carboxylic acids is 1. The highest BCUT2D eigenvalue weighted by molar-refractivity contribution is 5.94. The predicted octanol–water partition coefficient (Wildman–Crippen LogP) is 2.76. The monoisotopic (exact) mass is 440 g/mol. The molecule has 1 fully saturated rings. The van der Waals surface area contributed by atoms with Gasteiger partial charge in [-0.3, -0.25) is 9.48 Å². The first kappa shape index (κ1) is 20.3. The Morgan fingerprint density at radius 1 is 1.25 bits per heavy atom. The largest absolute Gasteiger partial charge is 0.368 e. The fourth-order valence-electron chi connectivity index (χ4n) is 4.26. The number of fused-ring (bicyclic) bond motifs is 3. The maximum atomic E-state index is 14.2. The van der Waals surface area contributed by atoms with Gasteiger partial charge in [0.25, 0.3) is 5.91 Å². The van der Waals surface area contributed by atoms with Gasteiger partial charge in [0.05, 0.1) is 17.1 Å². The highest BCUT2D eigenvalue weighted by atomic mass is 19.1. The minimum absolute atomic E-state index is 0.0409. The number of aromatic nitrogens is 6. The minimum Gasteiger partial charge on any atom is -0.368 e. The molecule has 1 amide bonds. The smallest absolute Gasteiger partial charge is 0.257 e. The first-order valence-corrected chi connectivity index (χ1v) is 10.5. The molecule has 1 aliphatic heterocycles. The molecule has 2 N–H and O–H groups in total. The first-order chi connectivity index (χ1) is 15.4. The topological polar surface area (TPSA) is 107 Å². The Morgan fingerprint density at radius 2 is 2.06 bits per heavy atom. The molecular weight excluding hydrogens is 418 g/mol. The van der Waals surface area contributed by atoms with Crippen LogP contribution in [-0.4, -0.2) is 52.8 Å². The number of amides is 1. The van der Waals surface area contributed by atoms with Crippen molar-refractivity contribution in [1.82, 2.24) is 34.3 Å². The molecule has 0 aliphatic carbocycles. The van der Waals surface area contributed by atoms with E-state index < -0.39 is 11.6 Å². The Hall–Kier alpha value is -3.63. The fourth-order valence-corrected chi connectivity index (χ4v) is 4.26. The summed E-state index contributed by atoms with van der Waals surface area (Å²) in [6.45, 7) is 5.07. The van der Waals surface area contributed by atoms with Gasteiger partial charge in [-0.2, -0.15) is 9.61 Å². The molecule has 3 aromatic heterocycles. The van der Waals surface area contributed by atoms with Crippen molar-refractivity contribution in [3.8, 4) is 0 Å². The molecule has 0 bridgehead atoms. The van der Waals surface area contributed by atoms with Crippen LogP contribution in [0.25, 0.3) is 16.6 Å². The highest BCUT2D eigenvalue weighted by Gasteiger charge is 2.33. The average Bonchev–Trinajstić information content (AvgIpc) is 3.42. The zero-order valence-electron chi connectivity index (χ0n) is 17.7. The van der Waals surface area contributed by atoms with Gasteiger partial charge in [0.2, 0.25) is 5.95 Å². The maximum absolute atomic E-state index is 14.2. The Balaban J connectivity index is 1.51. The number of aryl methyl sites for hydroxylation is 1. The number of nitrogens with zero attached hydrogens (tertiary/aromatic N) is 7. The maximum Gasteiger partial charge on any atom is 0.257 e. The number of hydrogen-bond acceptors (Lipinski definition) is 6. The summed E-state index contributed by atoms with van der Waals surface area (Å²) in [5.41, 5.74) is 6.69. The van der Waals surface area contributed by atoms with Crippen LogP contribution in [-0.2, 0) is 6.54 Å². The fraction of sp³-hybridized carbons (Fsp3) is 0.381. The van der Waals surface area contributed by atoms with E-state index in [-0.39, 0.29) is 40.4 Å². The number of benzene rings is 1. The Bertz CT molecular complexity index is 1350. The number of likely N-dealkylation sites (tertiary alicyclic amines) is 1. The minimum atomic E-state index is -0.811. The molecule has 166 valence electrons. The van der Waals surface area contributed by atoms with Crippen LogP contribution in [0.2, 0.25) is 0 Å². The number of halogens is 2. The molecule has 1 aromatic carbocycles. The summed E-state index contributed by atoms with van der Waals surface area (Å²) in [5.74, 6) is -1.37. The molecule has 9 nitrogen and oxygen atoms in total. The highest BCUT2D eigenvalue weighted by Crippen LogP contribution is 2.31. The summed E-state index contributed by atoms with van der Waals surface area (Å²) in [7, 11) is 0. The van der Waals surface area contributed by atoms with Crippen LogP contribution < -0.4 is 5.73 Å². The summed E-state index contributed by atoms with van der Waals surface area (Å²) < 4.78 is 31.1. The molecule has 0 unspecified atom stereocenters. The van der Waals surface area contributed by atoms with Gasteiger partial charge in [0.1, 0.15) is 11.3 Å². The van der Waals surface area contributed by atoms with Crippen LogP contribution in [0.1, 0.15) is 48.8 Å². The summed E-state index contributed by atoms with van der Waals surface area (Å²) in [5, 5.41) is 8.86. The lowest BCUT2D eigenvalue weighted by atomic mass is 9.92. The molecule has 1 saturated heterocycles. The van der Waals surface area contributed by atoms with Crippen LogP contribution in [0.5, 0.6) is 0 Å². The molecular formula is C21H22F2N8O. The number of rotatable bonds is 3. The molecule has 4 heterocycles. The van der Waals surface area contributed by atoms with Crippen molar-refractivity contribution in [3.63, 3.8) is 0 Å². The van der Waals surface area contributed by atoms with Gasteiger partial charge in [-0.05, 0) is 32.8 Å². The van der Waals surface area contributed by atoms with Gasteiger partial charge >= 0.3 is 0 Å². The second kappa shape index (κ2) is 7.50. The lowest BCUT2D eigenvalue weighted by Crippen LogP contribution is -2.45. The lowest BCUT2D eigenvalue weighted by molar-refractivity contribution is 0.0606. The Labute approximate surface area is 181 Å². The Kier molecular flexibility index (Phi) is 4.75. The lowest BCUT2D eigenvalue weighted by Gasteiger charge is -2.36. The van der Waals surface area contributed by atoms with Gasteiger partial charge < -0.3 is 10.6 Å². The molecule has 4 aromatic rings. The standard InChI is InChI=1S/C21H22F2N8O/c1-3-29-9-13(8-25-29)20(32)30-10-12(5-4-11(30)2)18-27-19-15-6-14(22)7-16(23)17(15)26-21(24)31(19)28-18/h6-9,11-12H,3-5,10H2,1-2H3,(H2,24,26)/t11-,12+/m0/s1. The van der Waals surface area contributed by atoms with E-state index >= 15 is 0 Å². The number of hydrogen-bond donors (Lipinski definition) is 1. The van der Waals surface area contributed by atoms with E-state index in [0.717, 1.165) is 18.9 Å². The quantitative estimate of drug-likeness (QED) is 0.525. The third kappa shape index (κ3) is 3.24. The normalized spacial score (nSPS) is 19.2. The van der Waals surface area contributed by atoms with E-state index in [1.54, 1.807) is 22.0 Å². The summed E-state index contributed by atoms with van der Waals surface area (Å²) in [4.78, 5) is 23.5. The molecule has 11 heteroatoms. The number of nitrogen functional groups attached to an aromatic ring is 1. The van der Waals surface area contributed by atoms with Crippen molar-refractivity contribution in [2.24, 2.45) is 0 Å². The number of anilines is 1. The second-order valence-electron chi connectivity index (χ2n) is 8.12. The van der Waals surface area contributed by atoms with E-state index in [2.05, 4.69) is 20.2 Å². The molecule has 2 atom stereocenters. The van der Waals surface area contributed by atoms with Gasteiger partial charge in [-0.1, -0.05) is 0 Å². The van der Waals surface area contributed by atoms with Crippen molar-refractivity contribution >= 4 is 28.4 Å². The van der Waals surface area contributed by atoms with E-state index in [0.29, 0.717) is 24.5 Å². The summed E-state index contributed by atoms with van der Waals surface area (Å²) in [6.07, 6.45) is 4.85.